The van der Waals surface area contributed by atoms with Gasteiger partial charge in [0, 0.05) is 12.6 Å². The van der Waals surface area contributed by atoms with Crippen LogP contribution in [-0.4, -0.2) is 23.4 Å². The van der Waals surface area contributed by atoms with E-state index < -0.39 is 0 Å². The zero-order valence-corrected chi connectivity index (χ0v) is 12.5. The summed E-state index contributed by atoms with van der Waals surface area (Å²) in [5.41, 5.74) is 3.02. The summed E-state index contributed by atoms with van der Waals surface area (Å²) in [6.45, 7) is 0.811. The lowest BCUT2D eigenvalue weighted by Crippen LogP contribution is -2.50. The number of hydrogen-bond acceptors (Lipinski definition) is 1. The minimum Gasteiger partial charge on any atom is -0.329 e. The summed E-state index contributed by atoms with van der Waals surface area (Å²) < 4.78 is 0. The number of fused-ring (bicyclic) bond motifs is 5. The molecular formula is C20H19NO. The summed E-state index contributed by atoms with van der Waals surface area (Å²) in [6.07, 6.45) is 12.1. The van der Waals surface area contributed by atoms with Crippen LogP contribution in [0.4, 0.5) is 0 Å². The van der Waals surface area contributed by atoms with Crippen molar-refractivity contribution >= 4 is 17.1 Å². The summed E-state index contributed by atoms with van der Waals surface area (Å²) in [4.78, 5) is 14.1. The lowest BCUT2D eigenvalue weighted by atomic mass is 9.68. The highest BCUT2D eigenvalue weighted by Gasteiger charge is 2.41. The molecule has 2 aliphatic heterocycles. The largest absolute Gasteiger partial charge is 0.329 e. The van der Waals surface area contributed by atoms with Crippen LogP contribution >= 0.6 is 0 Å². The highest BCUT2D eigenvalue weighted by atomic mass is 16.2. The van der Waals surface area contributed by atoms with E-state index in [0.29, 0.717) is 17.9 Å². The number of rotatable bonds is 0. The smallest absolute Gasteiger partial charge is 0.247 e. The van der Waals surface area contributed by atoms with Gasteiger partial charge >= 0.3 is 0 Å². The maximum Gasteiger partial charge on any atom is 0.247 e. The van der Waals surface area contributed by atoms with Crippen LogP contribution in [0, 0.1) is 11.8 Å². The van der Waals surface area contributed by atoms with E-state index in [9.17, 15) is 4.79 Å². The van der Waals surface area contributed by atoms with Crippen molar-refractivity contribution in [3.63, 3.8) is 0 Å². The molecule has 1 amide bonds. The summed E-state index contributed by atoms with van der Waals surface area (Å²) in [7, 11) is 0. The SMILES string of the molecule is O=C1C=CC2CC3C(=c4ccccc4=C4C=CCCC43)CN12. The van der Waals surface area contributed by atoms with Gasteiger partial charge in [-0.15, -0.1) is 0 Å². The fourth-order valence-electron chi connectivity index (χ4n) is 4.84. The predicted molar refractivity (Wildman–Crippen MR) is 87.1 cm³/mol. The molecule has 0 spiro atoms. The highest BCUT2D eigenvalue weighted by molar-refractivity contribution is 5.92. The van der Waals surface area contributed by atoms with Crippen molar-refractivity contribution in [3.8, 4) is 0 Å². The van der Waals surface area contributed by atoms with E-state index >= 15 is 0 Å². The summed E-state index contributed by atoms with van der Waals surface area (Å²) in [6, 6.07) is 9.09. The van der Waals surface area contributed by atoms with Crippen LogP contribution in [0.1, 0.15) is 19.3 Å². The molecule has 2 heteroatoms. The average molecular weight is 289 g/mol. The first-order valence-electron chi connectivity index (χ1n) is 8.30. The second kappa shape index (κ2) is 4.45. The van der Waals surface area contributed by atoms with E-state index in [-0.39, 0.29) is 5.91 Å². The molecule has 0 radical (unpaired) electrons. The number of hydrogen-bond donors (Lipinski definition) is 0. The fourth-order valence-corrected chi connectivity index (χ4v) is 4.84. The molecule has 0 bridgehead atoms. The zero-order valence-electron chi connectivity index (χ0n) is 12.5. The van der Waals surface area contributed by atoms with Gasteiger partial charge in [-0.2, -0.15) is 0 Å². The number of carbonyl (C=O) groups is 1. The normalized spacial score (nSPS) is 31.7. The van der Waals surface area contributed by atoms with Gasteiger partial charge in [-0.3, -0.25) is 4.79 Å². The Hall–Kier alpha value is -2.09. The maximum atomic E-state index is 12.1. The summed E-state index contributed by atoms with van der Waals surface area (Å²) >= 11 is 0. The van der Waals surface area contributed by atoms with Crippen molar-refractivity contribution in [1.29, 1.82) is 0 Å². The van der Waals surface area contributed by atoms with Gasteiger partial charge in [-0.25, -0.2) is 0 Å². The van der Waals surface area contributed by atoms with Crippen molar-refractivity contribution in [1.82, 2.24) is 4.90 Å². The monoisotopic (exact) mass is 289 g/mol. The minimum absolute atomic E-state index is 0.187. The lowest BCUT2D eigenvalue weighted by molar-refractivity contribution is -0.126. The van der Waals surface area contributed by atoms with Crippen LogP contribution in [0.2, 0.25) is 0 Å². The van der Waals surface area contributed by atoms with Gasteiger partial charge in [0.15, 0.2) is 0 Å². The minimum atomic E-state index is 0.187. The van der Waals surface area contributed by atoms with Crippen LogP contribution in [-0.2, 0) is 4.79 Å². The van der Waals surface area contributed by atoms with E-state index in [1.807, 2.05) is 4.90 Å². The Morgan fingerprint density at radius 3 is 2.82 bits per heavy atom. The standard InChI is InChI=1S/C20H19NO/c22-20-10-9-13-11-18-16-7-3-1-5-14(16)15-6-2-4-8-17(15)19(18)12-21(13)20/h1-2,4-6,8-10,13,16,18H,3,7,11-12H2. The summed E-state index contributed by atoms with van der Waals surface area (Å²) in [5, 5.41) is 2.77. The Morgan fingerprint density at radius 2 is 1.91 bits per heavy atom. The second-order valence-corrected chi connectivity index (χ2v) is 6.85. The molecule has 1 aromatic rings. The first kappa shape index (κ1) is 12.5. The van der Waals surface area contributed by atoms with E-state index in [2.05, 4.69) is 42.5 Å². The fraction of sp³-hybridized carbons (Fsp3) is 0.350. The predicted octanol–water partition coefficient (Wildman–Crippen LogP) is 1.75. The third kappa shape index (κ3) is 1.58. The van der Waals surface area contributed by atoms with Gasteiger partial charge in [0.2, 0.25) is 5.91 Å². The Kier molecular flexibility index (Phi) is 2.52. The molecule has 110 valence electrons. The number of piperidine rings is 1. The number of allylic oxidation sites excluding steroid dienone is 2. The zero-order chi connectivity index (χ0) is 14.7. The molecule has 0 aromatic heterocycles. The van der Waals surface area contributed by atoms with Gasteiger partial charge in [0.1, 0.15) is 0 Å². The van der Waals surface area contributed by atoms with Gasteiger partial charge in [-0.05, 0) is 52.7 Å². The highest BCUT2D eigenvalue weighted by Crippen LogP contribution is 2.43. The van der Waals surface area contributed by atoms with Crippen LogP contribution < -0.4 is 10.4 Å². The first-order valence-corrected chi connectivity index (χ1v) is 8.30. The van der Waals surface area contributed by atoms with E-state index in [1.165, 1.54) is 34.4 Å². The molecule has 1 saturated heterocycles. The van der Waals surface area contributed by atoms with Crippen LogP contribution in [0.3, 0.4) is 0 Å². The number of amides is 1. The number of nitrogens with zero attached hydrogens (tertiary/aromatic N) is 1. The molecule has 2 heterocycles. The van der Waals surface area contributed by atoms with Crippen molar-refractivity contribution in [2.45, 2.75) is 25.3 Å². The van der Waals surface area contributed by atoms with Gasteiger partial charge in [0.25, 0.3) is 0 Å². The molecule has 0 N–H and O–H groups in total. The number of carbonyl (C=O) groups excluding carboxylic acids is 1. The Bertz CT molecular complexity index is 845. The van der Waals surface area contributed by atoms with Gasteiger partial charge in [0.05, 0.1) is 6.04 Å². The number of benzene rings is 1. The Morgan fingerprint density at radius 1 is 1.05 bits per heavy atom. The molecule has 1 aromatic carbocycles. The van der Waals surface area contributed by atoms with Crippen molar-refractivity contribution < 1.29 is 4.79 Å². The van der Waals surface area contributed by atoms with E-state index in [0.717, 1.165) is 13.0 Å². The molecule has 3 atom stereocenters. The van der Waals surface area contributed by atoms with Crippen molar-refractivity contribution in [3.05, 3.63) is 59.0 Å². The molecule has 2 nitrogen and oxygen atoms in total. The molecular weight excluding hydrogens is 270 g/mol. The van der Waals surface area contributed by atoms with E-state index in [4.69, 9.17) is 0 Å². The first-order chi connectivity index (χ1) is 10.8. The third-order valence-electron chi connectivity index (χ3n) is 5.84. The quantitative estimate of drug-likeness (QED) is 0.712. The van der Waals surface area contributed by atoms with Gasteiger partial charge < -0.3 is 4.90 Å². The maximum absolute atomic E-state index is 12.1. The van der Waals surface area contributed by atoms with Gasteiger partial charge in [-0.1, -0.05) is 42.5 Å². The van der Waals surface area contributed by atoms with Crippen LogP contribution in [0.5, 0.6) is 0 Å². The lowest BCUT2D eigenvalue weighted by Gasteiger charge is -2.43. The van der Waals surface area contributed by atoms with Crippen molar-refractivity contribution in [2.75, 3.05) is 6.54 Å². The third-order valence-corrected chi connectivity index (χ3v) is 5.84. The molecule has 4 aliphatic rings. The Balaban J connectivity index is 1.77. The molecule has 3 unspecified atom stereocenters. The molecule has 5 rings (SSSR count). The average Bonchev–Trinajstić information content (AvgIpc) is 2.94. The molecule has 1 fully saturated rings. The van der Waals surface area contributed by atoms with Crippen LogP contribution in [0.25, 0.3) is 11.1 Å². The topological polar surface area (TPSA) is 20.3 Å². The van der Waals surface area contributed by atoms with Crippen molar-refractivity contribution in [2.24, 2.45) is 11.8 Å². The van der Waals surface area contributed by atoms with Crippen LogP contribution in [0.15, 0.2) is 48.6 Å². The summed E-state index contributed by atoms with van der Waals surface area (Å²) in [5.74, 6) is 1.43. The molecule has 2 aliphatic carbocycles. The second-order valence-electron chi connectivity index (χ2n) is 6.85. The Labute approximate surface area is 130 Å². The molecule has 0 saturated carbocycles. The molecule has 22 heavy (non-hydrogen) atoms. The van der Waals surface area contributed by atoms with E-state index in [1.54, 1.807) is 6.08 Å².